The first-order valence-corrected chi connectivity index (χ1v) is 7.09. The Morgan fingerprint density at radius 2 is 2.21 bits per heavy atom. The molecule has 0 fully saturated rings. The Labute approximate surface area is 121 Å². The lowest BCUT2D eigenvalue weighted by Gasteiger charge is -2.05. The van der Waals surface area contributed by atoms with Gasteiger partial charge in [-0.3, -0.25) is 4.98 Å². The molecule has 1 atom stereocenters. The van der Waals surface area contributed by atoms with Crippen molar-refractivity contribution in [2.75, 3.05) is 7.11 Å². The molecule has 2 aromatic heterocycles. The summed E-state index contributed by atoms with van der Waals surface area (Å²) < 4.78 is 7.03. The Bertz CT molecular complexity index is 555. The monoisotopic (exact) mass is 324 g/mol. The van der Waals surface area contributed by atoms with Gasteiger partial charge in [-0.2, -0.15) is 0 Å². The Morgan fingerprint density at radius 3 is 2.89 bits per heavy atom. The predicted molar refractivity (Wildman–Crippen MR) is 76.6 cm³/mol. The molecule has 0 amide bonds. The summed E-state index contributed by atoms with van der Waals surface area (Å²) in [6, 6.07) is 3.82. The smallest absolute Gasteiger partial charge is 0.122 e. The second-order valence-electron chi connectivity index (χ2n) is 4.36. The summed E-state index contributed by atoms with van der Waals surface area (Å²) >= 11 is 3.57. The summed E-state index contributed by atoms with van der Waals surface area (Å²) in [5, 5.41) is 8.28. The number of rotatable bonds is 5. The van der Waals surface area contributed by atoms with Gasteiger partial charge in [0.2, 0.25) is 0 Å². The number of aryl methyl sites for hydroxylation is 1. The van der Waals surface area contributed by atoms with Crippen LogP contribution in [-0.2, 0) is 6.54 Å². The second kappa shape index (κ2) is 6.14. The fourth-order valence-electron chi connectivity index (χ4n) is 1.81. The molecule has 2 aromatic rings. The van der Waals surface area contributed by atoms with Crippen LogP contribution in [0.15, 0.2) is 18.3 Å². The van der Waals surface area contributed by atoms with Crippen molar-refractivity contribution in [3.63, 3.8) is 0 Å². The maximum atomic E-state index is 5.24. The lowest BCUT2D eigenvalue weighted by atomic mass is 10.2. The minimum Gasteiger partial charge on any atom is -0.497 e. The maximum absolute atomic E-state index is 5.24. The van der Waals surface area contributed by atoms with Gasteiger partial charge >= 0.3 is 0 Å². The quantitative estimate of drug-likeness (QED) is 0.793. The molecule has 6 heteroatoms. The van der Waals surface area contributed by atoms with E-state index in [-0.39, 0.29) is 4.83 Å². The molecule has 5 nitrogen and oxygen atoms in total. The number of halogens is 1. The number of ether oxygens (including phenoxy) is 1. The van der Waals surface area contributed by atoms with Crippen LogP contribution >= 0.6 is 15.9 Å². The van der Waals surface area contributed by atoms with E-state index in [1.165, 1.54) is 0 Å². The van der Waals surface area contributed by atoms with Gasteiger partial charge in [-0.1, -0.05) is 28.1 Å². The number of nitrogens with zero attached hydrogens (tertiary/aromatic N) is 4. The Morgan fingerprint density at radius 1 is 1.42 bits per heavy atom. The van der Waals surface area contributed by atoms with Crippen molar-refractivity contribution in [1.29, 1.82) is 0 Å². The lowest BCUT2D eigenvalue weighted by molar-refractivity contribution is 0.412. The van der Waals surface area contributed by atoms with Gasteiger partial charge in [0.25, 0.3) is 0 Å². The second-order valence-corrected chi connectivity index (χ2v) is 5.46. The minimum absolute atomic E-state index is 0.251. The summed E-state index contributed by atoms with van der Waals surface area (Å²) in [5.74, 6) is 0.815. The largest absolute Gasteiger partial charge is 0.497 e. The molecule has 0 saturated carbocycles. The molecule has 0 aliphatic rings. The van der Waals surface area contributed by atoms with E-state index in [2.05, 4.69) is 38.1 Å². The van der Waals surface area contributed by atoms with E-state index in [0.717, 1.165) is 29.3 Å². The van der Waals surface area contributed by atoms with E-state index < -0.39 is 0 Å². The van der Waals surface area contributed by atoms with Crippen molar-refractivity contribution in [2.45, 2.75) is 31.6 Å². The van der Waals surface area contributed by atoms with Crippen molar-refractivity contribution >= 4 is 15.9 Å². The van der Waals surface area contributed by atoms with Crippen LogP contribution in [0.5, 0.6) is 5.75 Å². The SMILES string of the molecule is CCC(Br)c1cn(Cc2cc(OC)cc(C)n2)nn1. The van der Waals surface area contributed by atoms with Gasteiger partial charge in [0.1, 0.15) is 5.75 Å². The molecule has 2 heterocycles. The third kappa shape index (κ3) is 3.53. The van der Waals surface area contributed by atoms with Crippen LogP contribution in [0.25, 0.3) is 0 Å². The topological polar surface area (TPSA) is 52.8 Å². The molecule has 0 aliphatic heterocycles. The molecule has 2 rings (SSSR count). The van der Waals surface area contributed by atoms with E-state index in [1.807, 2.05) is 25.3 Å². The zero-order chi connectivity index (χ0) is 13.8. The lowest BCUT2D eigenvalue weighted by Crippen LogP contribution is -2.04. The van der Waals surface area contributed by atoms with Crippen LogP contribution in [0.2, 0.25) is 0 Å². The van der Waals surface area contributed by atoms with Crippen LogP contribution < -0.4 is 4.74 Å². The van der Waals surface area contributed by atoms with Crippen molar-refractivity contribution in [2.24, 2.45) is 0 Å². The van der Waals surface area contributed by atoms with E-state index in [0.29, 0.717) is 6.54 Å². The number of aromatic nitrogens is 4. The van der Waals surface area contributed by atoms with Crippen LogP contribution in [0.4, 0.5) is 0 Å². The summed E-state index contributed by atoms with van der Waals surface area (Å²) in [5.41, 5.74) is 2.79. The first-order valence-electron chi connectivity index (χ1n) is 6.18. The Balaban J connectivity index is 2.16. The van der Waals surface area contributed by atoms with E-state index in [9.17, 15) is 0 Å². The first-order chi connectivity index (χ1) is 9.12. The van der Waals surface area contributed by atoms with Crippen molar-refractivity contribution < 1.29 is 4.74 Å². The molecule has 0 spiro atoms. The highest BCUT2D eigenvalue weighted by Gasteiger charge is 2.10. The molecule has 1 unspecified atom stereocenters. The average molecular weight is 325 g/mol. The molecule has 0 radical (unpaired) electrons. The number of alkyl halides is 1. The predicted octanol–water partition coefficient (Wildman–Crippen LogP) is 2.88. The third-order valence-electron chi connectivity index (χ3n) is 2.78. The Hall–Kier alpha value is -1.43. The summed E-state index contributed by atoms with van der Waals surface area (Å²) in [4.78, 5) is 4.72. The minimum atomic E-state index is 0.251. The van der Waals surface area contributed by atoms with Crippen molar-refractivity contribution in [3.8, 4) is 5.75 Å². The highest BCUT2D eigenvalue weighted by atomic mass is 79.9. The molecular weight excluding hydrogens is 308 g/mol. The van der Waals surface area contributed by atoms with Crippen molar-refractivity contribution in [3.05, 3.63) is 35.4 Å². The number of hydrogen-bond acceptors (Lipinski definition) is 4. The van der Waals surface area contributed by atoms with Crippen LogP contribution in [0.3, 0.4) is 0 Å². The maximum Gasteiger partial charge on any atom is 0.122 e. The third-order valence-corrected chi connectivity index (χ3v) is 3.89. The van der Waals surface area contributed by atoms with E-state index >= 15 is 0 Å². The molecule has 19 heavy (non-hydrogen) atoms. The normalized spacial score (nSPS) is 12.4. The van der Waals surface area contributed by atoms with Crippen LogP contribution in [0, 0.1) is 6.92 Å². The fraction of sp³-hybridized carbons (Fsp3) is 0.462. The van der Waals surface area contributed by atoms with E-state index in [4.69, 9.17) is 4.74 Å². The van der Waals surface area contributed by atoms with Gasteiger partial charge in [0, 0.05) is 17.8 Å². The van der Waals surface area contributed by atoms with Gasteiger partial charge in [0.15, 0.2) is 0 Å². The summed E-state index contributed by atoms with van der Waals surface area (Å²) in [6.07, 6.45) is 2.93. The molecule has 102 valence electrons. The molecule has 0 aliphatic carbocycles. The van der Waals surface area contributed by atoms with Gasteiger partial charge in [-0.15, -0.1) is 5.10 Å². The first kappa shape index (κ1) is 14.0. The van der Waals surface area contributed by atoms with Gasteiger partial charge in [-0.25, -0.2) is 4.68 Å². The molecule has 0 aromatic carbocycles. The fourth-order valence-corrected chi connectivity index (χ4v) is 2.02. The van der Waals surface area contributed by atoms with Crippen LogP contribution in [0.1, 0.15) is 35.3 Å². The van der Waals surface area contributed by atoms with Gasteiger partial charge < -0.3 is 4.74 Å². The van der Waals surface area contributed by atoms with Crippen LogP contribution in [-0.4, -0.2) is 27.1 Å². The molecule has 0 saturated heterocycles. The molecule has 0 bridgehead atoms. The number of methoxy groups -OCH3 is 1. The zero-order valence-electron chi connectivity index (χ0n) is 11.3. The molecule has 0 N–H and O–H groups in total. The van der Waals surface area contributed by atoms with E-state index in [1.54, 1.807) is 11.8 Å². The standard InChI is InChI=1S/C13H17BrN4O/c1-4-12(14)13-8-18(17-16-13)7-10-6-11(19-3)5-9(2)15-10/h5-6,8,12H,4,7H2,1-3H3. The summed E-state index contributed by atoms with van der Waals surface area (Å²) in [6.45, 7) is 4.64. The number of pyridine rings is 1. The Kier molecular flexibility index (Phi) is 4.52. The van der Waals surface area contributed by atoms with Crippen molar-refractivity contribution in [1.82, 2.24) is 20.0 Å². The highest BCUT2D eigenvalue weighted by molar-refractivity contribution is 9.09. The number of hydrogen-bond donors (Lipinski definition) is 0. The molecular formula is C13H17BrN4O. The zero-order valence-corrected chi connectivity index (χ0v) is 12.9. The average Bonchev–Trinajstić information content (AvgIpc) is 2.85. The van der Waals surface area contributed by atoms with Gasteiger partial charge in [-0.05, 0) is 13.3 Å². The summed E-state index contributed by atoms with van der Waals surface area (Å²) in [7, 11) is 1.66. The highest BCUT2D eigenvalue weighted by Crippen LogP contribution is 2.23. The van der Waals surface area contributed by atoms with Gasteiger partial charge in [0.05, 0.1) is 36.1 Å².